The highest BCUT2D eigenvalue weighted by atomic mass is 16.1. The Morgan fingerprint density at radius 2 is 1.78 bits per heavy atom. The number of nitrogens with zero attached hydrogens (tertiary/aromatic N) is 2. The van der Waals surface area contributed by atoms with E-state index in [-0.39, 0.29) is 6.17 Å². The van der Waals surface area contributed by atoms with Gasteiger partial charge >= 0.3 is 0 Å². The molecule has 0 bridgehead atoms. The first-order valence-electron chi connectivity index (χ1n) is 2.00. The lowest BCUT2D eigenvalue weighted by Crippen LogP contribution is -1.79. The topological polar surface area (TPSA) is 58.9 Å². The highest BCUT2D eigenvalue weighted by Gasteiger charge is 1.95. The van der Waals surface area contributed by atoms with Gasteiger partial charge in [0.1, 0.15) is 0 Å². The molecule has 0 amide bonds. The lowest BCUT2D eigenvalue weighted by atomic mass is 10.5. The Hall–Kier alpha value is -1.50. The monoisotopic (exact) mass is 123 g/mol. The third kappa shape index (κ3) is 3.12. The molecule has 0 saturated heterocycles. The van der Waals surface area contributed by atoms with E-state index in [2.05, 4.69) is 16.6 Å². The smallest absolute Gasteiger partial charge is 0.211 e. The first-order chi connectivity index (χ1) is 4.35. The summed E-state index contributed by atoms with van der Waals surface area (Å²) in [4.78, 5) is 25.0. The van der Waals surface area contributed by atoms with Crippen molar-refractivity contribution in [2.45, 2.75) is 0 Å². The van der Waals surface area contributed by atoms with Crippen LogP contribution >= 0.6 is 0 Å². The van der Waals surface area contributed by atoms with E-state index < -0.39 is 0 Å². The number of isocyanates is 2. The van der Waals surface area contributed by atoms with Crippen molar-refractivity contribution in [3.63, 3.8) is 0 Å². The number of aliphatic imine (C=N–C) groups is 2. The first-order valence-corrected chi connectivity index (χ1v) is 2.00. The zero-order valence-electron chi connectivity index (χ0n) is 4.50. The molecule has 0 aliphatic heterocycles. The molecule has 0 aromatic carbocycles. The van der Waals surface area contributed by atoms with E-state index in [1.807, 2.05) is 0 Å². The Bertz CT molecular complexity index is 169. The van der Waals surface area contributed by atoms with E-state index in [9.17, 15) is 9.59 Å². The van der Waals surface area contributed by atoms with Gasteiger partial charge in [0.2, 0.25) is 18.3 Å². The van der Waals surface area contributed by atoms with Crippen LogP contribution in [0.3, 0.4) is 0 Å². The fourth-order valence-corrected chi connectivity index (χ4v) is 0.210. The third-order valence-corrected chi connectivity index (χ3v) is 0.503. The standard InChI is InChI=1S/C5H3N2O2/c1-2-5(6-3-8)7-4-9/h2H,1H2. The average molecular weight is 123 g/mol. The van der Waals surface area contributed by atoms with Crippen LogP contribution < -0.4 is 0 Å². The van der Waals surface area contributed by atoms with Crippen molar-refractivity contribution in [1.82, 2.24) is 0 Å². The Kier molecular flexibility index (Phi) is 3.88. The summed E-state index contributed by atoms with van der Waals surface area (Å²) in [6.07, 6.45) is 3.46. The van der Waals surface area contributed by atoms with E-state index in [4.69, 9.17) is 0 Å². The van der Waals surface area contributed by atoms with Crippen molar-refractivity contribution in [2.24, 2.45) is 9.98 Å². The molecule has 0 heterocycles. The van der Waals surface area contributed by atoms with Crippen LogP contribution in [0.4, 0.5) is 0 Å². The van der Waals surface area contributed by atoms with Crippen LogP contribution in [0.25, 0.3) is 0 Å². The molecule has 1 radical (unpaired) electrons. The maximum absolute atomic E-state index is 9.50. The Labute approximate surface area is 51.6 Å². The highest BCUT2D eigenvalue weighted by Crippen LogP contribution is 2.00. The Balaban J connectivity index is 4.14. The van der Waals surface area contributed by atoms with E-state index in [0.717, 1.165) is 6.08 Å². The second-order valence-corrected chi connectivity index (χ2v) is 0.969. The zero-order valence-corrected chi connectivity index (χ0v) is 4.50. The van der Waals surface area contributed by atoms with Gasteiger partial charge in [-0.2, -0.15) is 9.98 Å². The van der Waals surface area contributed by atoms with Gasteiger partial charge in [0.25, 0.3) is 0 Å². The molecule has 0 atom stereocenters. The Morgan fingerprint density at radius 3 is 2.00 bits per heavy atom. The summed E-state index contributed by atoms with van der Waals surface area (Å²) < 4.78 is 0. The van der Waals surface area contributed by atoms with Gasteiger partial charge in [0.15, 0.2) is 0 Å². The summed E-state index contributed by atoms with van der Waals surface area (Å²) in [5.41, 5.74) is 0. The average Bonchev–Trinajstić information content (AvgIpc) is 1.88. The predicted octanol–water partition coefficient (Wildman–Crippen LogP) is 0.333. The van der Waals surface area contributed by atoms with Gasteiger partial charge in [0, 0.05) is 0 Å². The summed E-state index contributed by atoms with van der Waals surface area (Å²) in [5.74, 6) is 0. The van der Waals surface area contributed by atoms with Crippen molar-refractivity contribution in [3.05, 3.63) is 18.8 Å². The fraction of sp³-hybridized carbons (Fsp3) is 0. The Morgan fingerprint density at radius 1 is 1.33 bits per heavy atom. The number of rotatable bonds is 3. The van der Waals surface area contributed by atoms with Gasteiger partial charge < -0.3 is 0 Å². The number of hydrogen-bond donors (Lipinski definition) is 0. The molecule has 4 nitrogen and oxygen atoms in total. The van der Waals surface area contributed by atoms with Crippen LogP contribution in [-0.4, -0.2) is 12.2 Å². The van der Waals surface area contributed by atoms with E-state index in [1.165, 1.54) is 12.2 Å². The third-order valence-electron chi connectivity index (χ3n) is 0.503. The minimum atomic E-state index is -0.0833. The maximum Gasteiger partial charge on any atom is 0.242 e. The summed E-state index contributed by atoms with van der Waals surface area (Å²) in [6.45, 7) is 3.22. The second kappa shape index (κ2) is 4.65. The zero-order chi connectivity index (χ0) is 7.11. The van der Waals surface area contributed by atoms with E-state index in [0.29, 0.717) is 0 Å². The van der Waals surface area contributed by atoms with E-state index in [1.54, 1.807) is 0 Å². The molecule has 4 heteroatoms. The predicted molar refractivity (Wildman–Crippen MR) is 29.7 cm³/mol. The molecule has 0 unspecified atom stereocenters. The lowest BCUT2D eigenvalue weighted by Gasteiger charge is -1.84. The first kappa shape index (κ1) is 7.50. The maximum atomic E-state index is 9.50. The van der Waals surface area contributed by atoms with Crippen molar-refractivity contribution in [2.75, 3.05) is 0 Å². The van der Waals surface area contributed by atoms with Gasteiger partial charge in [-0.05, 0) is 6.08 Å². The largest absolute Gasteiger partial charge is 0.242 e. The SMILES string of the molecule is C=C[C](N=C=O)N=C=O. The van der Waals surface area contributed by atoms with Crippen LogP contribution in [0.2, 0.25) is 0 Å². The van der Waals surface area contributed by atoms with Crippen LogP contribution in [0.5, 0.6) is 0 Å². The molecule has 9 heavy (non-hydrogen) atoms. The van der Waals surface area contributed by atoms with Crippen LogP contribution in [0.15, 0.2) is 22.6 Å². The molecule has 0 fully saturated rings. The highest BCUT2D eigenvalue weighted by molar-refractivity contribution is 5.41. The fourth-order valence-electron chi connectivity index (χ4n) is 0.210. The van der Waals surface area contributed by atoms with Crippen molar-refractivity contribution >= 4 is 12.2 Å². The molecule has 0 aromatic heterocycles. The number of carbonyl (C=O) groups excluding carboxylic acids is 2. The number of hydrogen-bond acceptors (Lipinski definition) is 4. The summed E-state index contributed by atoms with van der Waals surface area (Å²) >= 11 is 0. The molecule has 0 saturated carbocycles. The molecule has 0 aliphatic rings. The summed E-state index contributed by atoms with van der Waals surface area (Å²) in [5, 5.41) is 0. The minimum Gasteiger partial charge on any atom is -0.211 e. The molecule has 0 spiro atoms. The van der Waals surface area contributed by atoms with Crippen molar-refractivity contribution < 1.29 is 9.59 Å². The summed E-state index contributed by atoms with van der Waals surface area (Å²) in [7, 11) is 0. The van der Waals surface area contributed by atoms with Gasteiger partial charge in [-0.25, -0.2) is 9.59 Å². The van der Waals surface area contributed by atoms with Crippen molar-refractivity contribution in [1.29, 1.82) is 0 Å². The molecule has 0 aliphatic carbocycles. The van der Waals surface area contributed by atoms with Gasteiger partial charge in [0.05, 0.1) is 0 Å². The van der Waals surface area contributed by atoms with E-state index >= 15 is 0 Å². The molecule has 0 rings (SSSR count). The van der Waals surface area contributed by atoms with Gasteiger partial charge in [-0.1, -0.05) is 6.58 Å². The minimum absolute atomic E-state index is 0.0833. The second-order valence-electron chi connectivity index (χ2n) is 0.969. The molecule has 45 valence electrons. The molecule has 0 N–H and O–H groups in total. The van der Waals surface area contributed by atoms with Crippen LogP contribution in [-0.2, 0) is 9.59 Å². The normalized spacial score (nSPS) is 7.22. The van der Waals surface area contributed by atoms with Crippen molar-refractivity contribution in [3.8, 4) is 0 Å². The summed E-state index contributed by atoms with van der Waals surface area (Å²) in [6, 6.07) is 0. The lowest BCUT2D eigenvalue weighted by molar-refractivity contribution is 0.561. The quantitative estimate of drug-likeness (QED) is 0.401. The molecular formula is C5H3N2O2. The van der Waals surface area contributed by atoms with Crippen LogP contribution in [0, 0.1) is 6.17 Å². The van der Waals surface area contributed by atoms with Gasteiger partial charge in [-0.3, -0.25) is 0 Å². The molecule has 0 aromatic rings. The molecular weight excluding hydrogens is 120 g/mol. The van der Waals surface area contributed by atoms with Crippen LogP contribution in [0.1, 0.15) is 0 Å². The van der Waals surface area contributed by atoms with Gasteiger partial charge in [-0.15, -0.1) is 0 Å².